The number of phenolic OH excluding ortho intramolecular Hbond substituents is 1. The highest BCUT2D eigenvalue weighted by Crippen LogP contribution is 2.31. The molecule has 1 rings (SSSR count). The van der Waals surface area contributed by atoms with Crippen LogP contribution in [0.3, 0.4) is 0 Å². The summed E-state index contributed by atoms with van der Waals surface area (Å²) in [6.07, 6.45) is 3.26. The summed E-state index contributed by atoms with van der Waals surface area (Å²) in [5.74, 6) is 0.117. The molecule has 0 aliphatic heterocycles. The molecule has 0 radical (unpaired) electrons. The van der Waals surface area contributed by atoms with Crippen molar-refractivity contribution in [1.29, 1.82) is 5.26 Å². The molecule has 0 fully saturated rings. The zero-order chi connectivity index (χ0) is 11.3. The average molecular weight is 203 g/mol. The molecule has 0 heterocycles. The highest BCUT2D eigenvalue weighted by Gasteiger charge is 2.07. The molecule has 1 aromatic carbocycles. The number of carbonyl (C=O) groups excluding carboxylic acids is 1. The summed E-state index contributed by atoms with van der Waals surface area (Å²) in [5.41, 5.74) is 0.750. The molecule has 0 saturated carbocycles. The first kappa shape index (κ1) is 10.8. The first-order chi connectivity index (χ1) is 7.22. The Morgan fingerprint density at radius 3 is 2.80 bits per heavy atom. The Hall–Kier alpha value is -2.28. The summed E-state index contributed by atoms with van der Waals surface area (Å²) in [5, 5.41) is 18.0. The number of hydrogen-bond acceptors (Lipinski definition) is 4. The molecule has 0 saturated heterocycles. The van der Waals surface area contributed by atoms with Gasteiger partial charge in [0.25, 0.3) is 0 Å². The number of aromatic hydroxyl groups is 1. The highest BCUT2D eigenvalue weighted by molar-refractivity contribution is 5.79. The van der Waals surface area contributed by atoms with E-state index in [-0.39, 0.29) is 11.5 Å². The standard InChI is InChI=1S/C11H9NO3/c1-15-10-6-8(7-13)5-9(11(10)14)3-2-4-12/h2-3,5-7,14H,1H3. The molecular formula is C11H9NO3. The lowest BCUT2D eigenvalue weighted by molar-refractivity contribution is 0.112. The number of nitriles is 1. The van der Waals surface area contributed by atoms with Crippen molar-refractivity contribution in [3.8, 4) is 17.6 Å². The molecule has 0 spiro atoms. The maximum Gasteiger partial charge on any atom is 0.165 e. The van der Waals surface area contributed by atoms with Crippen LogP contribution in [0.1, 0.15) is 15.9 Å². The zero-order valence-electron chi connectivity index (χ0n) is 8.10. The summed E-state index contributed by atoms with van der Waals surface area (Å²) >= 11 is 0. The third kappa shape index (κ3) is 2.35. The first-order valence-corrected chi connectivity index (χ1v) is 4.15. The van der Waals surface area contributed by atoms with Gasteiger partial charge < -0.3 is 9.84 Å². The van der Waals surface area contributed by atoms with E-state index in [1.807, 2.05) is 0 Å². The fraction of sp³-hybridized carbons (Fsp3) is 0.0909. The summed E-state index contributed by atoms with van der Waals surface area (Å²) < 4.78 is 4.88. The largest absolute Gasteiger partial charge is 0.504 e. The topological polar surface area (TPSA) is 70.3 Å². The van der Waals surface area contributed by atoms with E-state index in [2.05, 4.69) is 0 Å². The highest BCUT2D eigenvalue weighted by atomic mass is 16.5. The Morgan fingerprint density at radius 1 is 1.53 bits per heavy atom. The van der Waals surface area contributed by atoms with E-state index in [9.17, 15) is 9.90 Å². The van der Waals surface area contributed by atoms with Crippen LogP contribution in [0.4, 0.5) is 0 Å². The van der Waals surface area contributed by atoms with Crippen molar-refractivity contribution in [2.75, 3.05) is 7.11 Å². The summed E-state index contributed by atoms with van der Waals surface area (Å²) in [6, 6.07) is 4.69. The Morgan fingerprint density at radius 2 is 2.27 bits per heavy atom. The van der Waals surface area contributed by atoms with Gasteiger partial charge in [-0.15, -0.1) is 0 Å². The van der Waals surface area contributed by atoms with Gasteiger partial charge in [0.2, 0.25) is 0 Å². The number of ether oxygens (including phenoxy) is 1. The SMILES string of the molecule is COc1cc(C=O)cc(C=CC#N)c1O. The van der Waals surface area contributed by atoms with E-state index in [0.717, 1.165) is 0 Å². The van der Waals surface area contributed by atoms with Crippen LogP contribution in [0.2, 0.25) is 0 Å². The maximum absolute atomic E-state index is 10.6. The number of phenols is 1. The summed E-state index contributed by atoms with van der Waals surface area (Å²) in [6.45, 7) is 0. The van der Waals surface area contributed by atoms with Crippen LogP contribution in [0.15, 0.2) is 18.2 Å². The smallest absolute Gasteiger partial charge is 0.165 e. The van der Waals surface area contributed by atoms with Crippen LogP contribution in [0.5, 0.6) is 11.5 Å². The zero-order valence-corrected chi connectivity index (χ0v) is 8.10. The van der Waals surface area contributed by atoms with Crippen LogP contribution in [-0.4, -0.2) is 18.5 Å². The van der Waals surface area contributed by atoms with E-state index in [0.29, 0.717) is 17.4 Å². The van der Waals surface area contributed by atoms with Crippen LogP contribution in [0.25, 0.3) is 6.08 Å². The molecule has 0 aliphatic rings. The molecule has 76 valence electrons. The van der Waals surface area contributed by atoms with Crippen LogP contribution >= 0.6 is 0 Å². The monoisotopic (exact) mass is 203 g/mol. The predicted molar refractivity (Wildman–Crippen MR) is 54.7 cm³/mol. The van der Waals surface area contributed by atoms with E-state index >= 15 is 0 Å². The number of methoxy groups -OCH3 is 1. The molecule has 0 bridgehead atoms. The molecule has 0 atom stereocenters. The quantitative estimate of drug-likeness (QED) is 0.600. The molecule has 15 heavy (non-hydrogen) atoms. The first-order valence-electron chi connectivity index (χ1n) is 4.15. The lowest BCUT2D eigenvalue weighted by Gasteiger charge is -2.06. The Balaban J connectivity index is 3.31. The van der Waals surface area contributed by atoms with Gasteiger partial charge in [-0.05, 0) is 18.2 Å². The van der Waals surface area contributed by atoms with Gasteiger partial charge in [-0.1, -0.05) is 0 Å². The van der Waals surface area contributed by atoms with Crippen molar-refractivity contribution in [2.24, 2.45) is 0 Å². The van der Waals surface area contributed by atoms with E-state index in [1.54, 1.807) is 6.07 Å². The second-order valence-electron chi connectivity index (χ2n) is 2.74. The number of aldehydes is 1. The number of nitrogens with zero attached hydrogens (tertiary/aromatic N) is 1. The summed E-state index contributed by atoms with van der Waals surface area (Å²) in [7, 11) is 1.39. The van der Waals surface area contributed by atoms with Gasteiger partial charge in [0.1, 0.15) is 6.29 Å². The van der Waals surface area contributed by atoms with E-state index < -0.39 is 0 Å². The van der Waals surface area contributed by atoms with Gasteiger partial charge >= 0.3 is 0 Å². The Kier molecular flexibility index (Phi) is 3.47. The van der Waals surface area contributed by atoms with Gasteiger partial charge in [-0.3, -0.25) is 4.79 Å². The van der Waals surface area contributed by atoms with E-state index in [1.165, 1.54) is 31.4 Å². The van der Waals surface area contributed by atoms with Crippen molar-refractivity contribution in [1.82, 2.24) is 0 Å². The van der Waals surface area contributed by atoms with Gasteiger partial charge in [0, 0.05) is 17.2 Å². The third-order valence-corrected chi connectivity index (χ3v) is 1.82. The van der Waals surface area contributed by atoms with E-state index in [4.69, 9.17) is 10.00 Å². The Bertz CT molecular complexity index is 444. The molecule has 4 nitrogen and oxygen atoms in total. The van der Waals surface area contributed by atoms with Gasteiger partial charge in [-0.25, -0.2) is 0 Å². The molecule has 4 heteroatoms. The third-order valence-electron chi connectivity index (χ3n) is 1.82. The normalized spacial score (nSPS) is 9.87. The molecule has 1 aromatic rings. The lowest BCUT2D eigenvalue weighted by atomic mass is 10.1. The fourth-order valence-electron chi connectivity index (χ4n) is 1.13. The number of hydrogen-bond donors (Lipinski definition) is 1. The van der Waals surface area contributed by atoms with Gasteiger partial charge in [0.05, 0.1) is 13.2 Å². The van der Waals surface area contributed by atoms with Crippen LogP contribution in [-0.2, 0) is 0 Å². The molecule has 0 aliphatic carbocycles. The van der Waals surface area contributed by atoms with Crippen molar-refractivity contribution in [3.63, 3.8) is 0 Å². The van der Waals surface area contributed by atoms with Crippen LogP contribution in [0, 0.1) is 11.3 Å². The fourth-order valence-corrected chi connectivity index (χ4v) is 1.13. The molecule has 0 unspecified atom stereocenters. The maximum atomic E-state index is 10.6. The number of benzene rings is 1. The minimum Gasteiger partial charge on any atom is -0.504 e. The second kappa shape index (κ2) is 4.82. The number of carbonyl (C=O) groups is 1. The number of rotatable bonds is 3. The molecule has 0 aromatic heterocycles. The van der Waals surface area contributed by atoms with Crippen molar-refractivity contribution in [2.45, 2.75) is 0 Å². The summed E-state index contributed by atoms with van der Waals surface area (Å²) in [4.78, 5) is 10.6. The lowest BCUT2D eigenvalue weighted by Crippen LogP contribution is -1.89. The second-order valence-corrected chi connectivity index (χ2v) is 2.74. The minimum atomic E-state index is -0.0883. The van der Waals surface area contributed by atoms with Crippen LogP contribution < -0.4 is 4.74 Å². The minimum absolute atomic E-state index is 0.0883. The molecular weight excluding hydrogens is 194 g/mol. The predicted octanol–water partition coefficient (Wildman–Crippen LogP) is 1.75. The van der Waals surface area contributed by atoms with Gasteiger partial charge in [-0.2, -0.15) is 5.26 Å². The average Bonchev–Trinajstić information content (AvgIpc) is 2.27. The van der Waals surface area contributed by atoms with Crippen molar-refractivity contribution < 1.29 is 14.6 Å². The van der Waals surface area contributed by atoms with Crippen molar-refractivity contribution >= 4 is 12.4 Å². The number of allylic oxidation sites excluding steroid dienone is 1. The Labute approximate surface area is 87.0 Å². The molecule has 1 N–H and O–H groups in total. The molecule has 0 amide bonds. The van der Waals surface area contributed by atoms with Gasteiger partial charge in [0.15, 0.2) is 11.5 Å². The van der Waals surface area contributed by atoms with Crippen molar-refractivity contribution in [3.05, 3.63) is 29.3 Å².